The van der Waals surface area contributed by atoms with Gasteiger partial charge < -0.3 is 10.8 Å². The van der Waals surface area contributed by atoms with Crippen molar-refractivity contribution in [2.24, 2.45) is 5.73 Å². The van der Waals surface area contributed by atoms with Crippen molar-refractivity contribution in [1.29, 1.82) is 0 Å². The Morgan fingerprint density at radius 2 is 2.06 bits per heavy atom. The summed E-state index contributed by atoms with van der Waals surface area (Å²) in [6, 6.07) is 0.693. The summed E-state index contributed by atoms with van der Waals surface area (Å²) in [4.78, 5) is 0. The molecule has 0 amide bonds. The van der Waals surface area contributed by atoms with Gasteiger partial charge in [-0.1, -0.05) is 17.7 Å². The minimum Gasteiger partial charge on any atom is -0.390 e. The van der Waals surface area contributed by atoms with Crippen LogP contribution in [0.4, 0.5) is 13.2 Å². The van der Waals surface area contributed by atoms with Crippen molar-refractivity contribution < 1.29 is 18.3 Å². The first kappa shape index (κ1) is 13.3. The third-order valence-electron chi connectivity index (χ3n) is 2.30. The normalized spacial score (nSPS) is 13.9. The van der Waals surface area contributed by atoms with Crippen LogP contribution in [0.1, 0.15) is 17.2 Å². The van der Waals surface area contributed by atoms with Gasteiger partial charge in [0, 0.05) is 10.6 Å². The number of hydrogen-bond donors (Lipinski definition) is 2. The van der Waals surface area contributed by atoms with Crippen molar-refractivity contribution in [1.82, 2.24) is 0 Å². The van der Waals surface area contributed by atoms with Gasteiger partial charge in [-0.2, -0.15) is 0 Å². The molecule has 3 N–H and O–H groups in total. The maximum Gasteiger partial charge on any atom is 0.289 e. The second-order valence-electron chi connectivity index (χ2n) is 3.49. The Balaban J connectivity index is 3.28. The van der Waals surface area contributed by atoms with Crippen molar-refractivity contribution in [2.75, 3.05) is 6.61 Å². The van der Waals surface area contributed by atoms with E-state index in [2.05, 4.69) is 0 Å². The molecule has 0 radical (unpaired) electrons. The molecule has 6 heteroatoms. The Hall–Kier alpha value is -0.780. The molecule has 0 aliphatic carbocycles. The molecule has 1 rings (SSSR count). The second kappa shape index (κ2) is 4.61. The van der Waals surface area contributed by atoms with Crippen molar-refractivity contribution >= 4 is 11.6 Å². The molecule has 0 saturated heterocycles. The highest BCUT2D eigenvalue weighted by Crippen LogP contribution is 2.35. The van der Waals surface area contributed by atoms with Gasteiger partial charge in [0.05, 0.1) is 0 Å². The number of rotatable bonds is 3. The standard InChI is InChI=1S/C10H11ClF3NO/c1-5-2-3-6(11)7(8(5)12)9(15)10(13,14)4-16/h2-3,9,16H,4,15H2,1H3/t9-/m0/s1. The zero-order chi connectivity index (χ0) is 12.5. The van der Waals surface area contributed by atoms with Crippen molar-refractivity contribution in [3.8, 4) is 0 Å². The van der Waals surface area contributed by atoms with E-state index in [0.717, 1.165) is 0 Å². The van der Waals surface area contributed by atoms with Gasteiger partial charge in [-0.25, -0.2) is 13.2 Å². The number of benzene rings is 1. The average Bonchev–Trinajstić information content (AvgIpc) is 2.24. The Bertz CT molecular complexity index is 398. The summed E-state index contributed by atoms with van der Waals surface area (Å²) in [5.41, 5.74) is 4.92. The first-order valence-electron chi connectivity index (χ1n) is 4.50. The molecule has 0 spiro atoms. The summed E-state index contributed by atoms with van der Waals surface area (Å²) in [5.74, 6) is -4.48. The van der Waals surface area contributed by atoms with E-state index in [9.17, 15) is 13.2 Å². The van der Waals surface area contributed by atoms with Crippen LogP contribution in [-0.2, 0) is 0 Å². The van der Waals surface area contributed by atoms with E-state index in [1.54, 1.807) is 0 Å². The Labute approximate surface area is 95.8 Å². The summed E-state index contributed by atoms with van der Waals surface area (Å²) >= 11 is 5.62. The van der Waals surface area contributed by atoms with E-state index in [-0.39, 0.29) is 10.6 Å². The molecule has 2 nitrogen and oxygen atoms in total. The number of alkyl halides is 2. The molecule has 0 bridgehead atoms. The van der Waals surface area contributed by atoms with E-state index >= 15 is 0 Å². The molecule has 0 fully saturated rings. The molecule has 0 aliphatic rings. The predicted octanol–water partition coefficient (Wildman–Crippen LogP) is 2.41. The summed E-state index contributed by atoms with van der Waals surface area (Å²) in [7, 11) is 0. The Kier molecular flexibility index (Phi) is 3.83. The largest absolute Gasteiger partial charge is 0.390 e. The topological polar surface area (TPSA) is 46.2 Å². The molecule has 1 aromatic rings. The van der Waals surface area contributed by atoms with Crippen LogP contribution in [0.25, 0.3) is 0 Å². The third-order valence-corrected chi connectivity index (χ3v) is 2.63. The van der Waals surface area contributed by atoms with Crippen LogP contribution in [0.3, 0.4) is 0 Å². The van der Waals surface area contributed by atoms with Crippen LogP contribution >= 0.6 is 11.6 Å². The maximum atomic E-state index is 13.6. The fraction of sp³-hybridized carbons (Fsp3) is 0.400. The number of aryl methyl sites for hydroxylation is 1. The lowest BCUT2D eigenvalue weighted by atomic mass is 9.99. The first-order valence-corrected chi connectivity index (χ1v) is 4.88. The average molecular weight is 254 g/mol. The van der Waals surface area contributed by atoms with Gasteiger partial charge in [0.25, 0.3) is 5.92 Å². The molecule has 1 aromatic carbocycles. The third kappa shape index (κ3) is 2.31. The lowest BCUT2D eigenvalue weighted by Crippen LogP contribution is -2.37. The smallest absolute Gasteiger partial charge is 0.289 e. The maximum absolute atomic E-state index is 13.6. The number of nitrogens with two attached hydrogens (primary N) is 1. The SMILES string of the molecule is Cc1ccc(Cl)c([C@H](N)C(F)(F)CO)c1F. The monoisotopic (exact) mass is 253 g/mol. The highest BCUT2D eigenvalue weighted by Gasteiger charge is 2.40. The fourth-order valence-corrected chi connectivity index (χ4v) is 1.54. The van der Waals surface area contributed by atoms with Crippen LogP contribution in [0, 0.1) is 12.7 Å². The van der Waals surface area contributed by atoms with Gasteiger partial charge in [-0.3, -0.25) is 0 Å². The molecule has 0 heterocycles. The minimum atomic E-state index is -3.61. The number of aliphatic hydroxyl groups excluding tert-OH is 1. The van der Waals surface area contributed by atoms with Gasteiger partial charge in [-0.15, -0.1) is 0 Å². The summed E-state index contributed by atoms with van der Waals surface area (Å²) in [6.07, 6.45) is 0. The number of halogens is 4. The molecular formula is C10H11ClF3NO. The van der Waals surface area contributed by atoms with Crippen molar-refractivity contribution in [3.05, 3.63) is 34.1 Å². The van der Waals surface area contributed by atoms with Crippen LogP contribution in [0.2, 0.25) is 5.02 Å². The lowest BCUT2D eigenvalue weighted by molar-refractivity contribution is -0.0718. The molecular weight excluding hydrogens is 243 g/mol. The lowest BCUT2D eigenvalue weighted by Gasteiger charge is -2.23. The van der Waals surface area contributed by atoms with E-state index in [4.69, 9.17) is 22.4 Å². The second-order valence-corrected chi connectivity index (χ2v) is 3.90. The van der Waals surface area contributed by atoms with Gasteiger partial charge in [0.1, 0.15) is 18.5 Å². The van der Waals surface area contributed by atoms with Gasteiger partial charge in [-0.05, 0) is 18.6 Å². The van der Waals surface area contributed by atoms with Crippen LogP contribution < -0.4 is 5.73 Å². The Morgan fingerprint density at radius 3 is 2.56 bits per heavy atom. The quantitative estimate of drug-likeness (QED) is 0.869. The summed E-state index contributed by atoms with van der Waals surface area (Å²) < 4.78 is 39.8. The van der Waals surface area contributed by atoms with Gasteiger partial charge in [0.2, 0.25) is 0 Å². The molecule has 90 valence electrons. The summed E-state index contributed by atoms with van der Waals surface area (Å²) in [6.45, 7) is -0.0448. The molecule has 0 aliphatic heterocycles. The zero-order valence-electron chi connectivity index (χ0n) is 8.48. The van der Waals surface area contributed by atoms with Crippen molar-refractivity contribution in [2.45, 2.75) is 18.9 Å². The first-order chi connectivity index (χ1) is 7.31. The van der Waals surface area contributed by atoms with E-state index in [1.807, 2.05) is 0 Å². The predicted molar refractivity (Wildman–Crippen MR) is 55.1 cm³/mol. The van der Waals surface area contributed by atoms with Crippen LogP contribution in [0.5, 0.6) is 0 Å². The van der Waals surface area contributed by atoms with E-state index < -0.39 is 30.0 Å². The highest BCUT2D eigenvalue weighted by molar-refractivity contribution is 6.31. The van der Waals surface area contributed by atoms with Crippen molar-refractivity contribution in [3.63, 3.8) is 0 Å². The number of hydrogen-bond acceptors (Lipinski definition) is 2. The molecule has 0 aromatic heterocycles. The van der Waals surface area contributed by atoms with E-state index in [1.165, 1.54) is 19.1 Å². The fourth-order valence-electron chi connectivity index (χ4n) is 1.27. The number of aliphatic hydroxyl groups is 1. The van der Waals surface area contributed by atoms with Gasteiger partial charge >= 0.3 is 0 Å². The zero-order valence-corrected chi connectivity index (χ0v) is 9.23. The van der Waals surface area contributed by atoms with E-state index in [0.29, 0.717) is 0 Å². The molecule has 0 saturated carbocycles. The molecule has 1 atom stereocenters. The summed E-state index contributed by atoms with van der Waals surface area (Å²) in [5, 5.41) is 8.30. The highest BCUT2D eigenvalue weighted by atomic mass is 35.5. The molecule has 16 heavy (non-hydrogen) atoms. The van der Waals surface area contributed by atoms with Crippen LogP contribution in [-0.4, -0.2) is 17.6 Å². The van der Waals surface area contributed by atoms with Crippen LogP contribution in [0.15, 0.2) is 12.1 Å². The Morgan fingerprint density at radius 1 is 1.50 bits per heavy atom. The molecule has 0 unspecified atom stereocenters. The minimum absolute atomic E-state index is 0.170. The van der Waals surface area contributed by atoms with Gasteiger partial charge in [0.15, 0.2) is 0 Å².